The van der Waals surface area contributed by atoms with E-state index in [0.717, 1.165) is 18.7 Å². The van der Waals surface area contributed by atoms with Gasteiger partial charge in [0.2, 0.25) is 0 Å². The van der Waals surface area contributed by atoms with Crippen molar-refractivity contribution >= 4 is 5.97 Å². The van der Waals surface area contributed by atoms with Crippen molar-refractivity contribution in [1.82, 2.24) is 14.7 Å². The first kappa shape index (κ1) is 16.0. The van der Waals surface area contributed by atoms with E-state index in [1.54, 1.807) is 0 Å². The van der Waals surface area contributed by atoms with Crippen LogP contribution in [-0.2, 0) is 17.9 Å². The van der Waals surface area contributed by atoms with Crippen LogP contribution in [0.1, 0.15) is 38.8 Å². The van der Waals surface area contributed by atoms with Crippen molar-refractivity contribution in [3.8, 4) is 0 Å². The first-order chi connectivity index (χ1) is 10.0. The van der Waals surface area contributed by atoms with Gasteiger partial charge in [0.25, 0.3) is 0 Å². The van der Waals surface area contributed by atoms with Gasteiger partial charge in [-0.25, -0.2) is 0 Å². The fourth-order valence-electron chi connectivity index (χ4n) is 3.17. The van der Waals surface area contributed by atoms with Gasteiger partial charge in [-0.1, -0.05) is 13.3 Å². The molecule has 6 heteroatoms. The van der Waals surface area contributed by atoms with Crippen molar-refractivity contribution in [3.63, 3.8) is 0 Å². The zero-order valence-corrected chi connectivity index (χ0v) is 12.8. The molecule has 2 rings (SSSR count). The van der Waals surface area contributed by atoms with E-state index >= 15 is 0 Å². The van der Waals surface area contributed by atoms with Gasteiger partial charge < -0.3 is 10.2 Å². The number of hydrogen-bond acceptors (Lipinski definition) is 4. The lowest BCUT2D eigenvalue weighted by atomic mass is 9.73. The second kappa shape index (κ2) is 6.58. The van der Waals surface area contributed by atoms with Gasteiger partial charge in [0.1, 0.15) is 0 Å². The summed E-state index contributed by atoms with van der Waals surface area (Å²) >= 11 is 0. The van der Waals surface area contributed by atoms with E-state index < -0.39 is 17.5 Å². The summed E-state index contributed by atoms with van der Waals surface area (Å²) < 4.78 is 1.87. The Hall–Kier alpha value is -1.40. The smallest absolute Gasteiger partial charge is 0.312 e. The number of carboxylic acid groups (broad SMARTS) is 1. The molecule has 2 atom stereocenters. The number of aliphatic hydroxyl groups excluding tert-OH is 1. The Labute approximate surface area is 125 Å². The second-order valence-electron chi connectivity index (χ2n) is 5.87. The van der Waals surface area contributed by atoms with Crippen LogP contribution in [-0.4, -0.2) is 50.1 Å². The number of piperidine rings is 1. The maximum atomic E-state index is 11.6. The van der Waals surface area contributed by atoms with Gasteiger partial charge in [-0.2, -0.15) is 5.10 Å². The van der Waals surface area contributed by atoms with E-state index in [1.165, 1.54) is 0 Å². The van der Waals surface area contributed by atoms with Crippen LogP contribution in [0.5, 0.6) is 0 Å². The zero-order valence-electron chi connectivity index (χ0n) is 12.8. The van der Waals surface area contributed by atoms with Gasteiger partial charge in [-0.3, -0.25) is 14.4 Å². The number of nitrogens with zero attached hydrogens (tertiary/aromatic N) is 3. The van der Waals surface area contributed by atoms with Crippen LogP contribution in [0, 0.1) is 5.41 Å². The van der Waals surface area contributed by atoms with Crippen molar-refractivity contribution in [2.45, 2.75) is 52.3 Å². The zero-order chi connectivity index (χ0) is 15.5. The number of likely N-dealkylation sites (tertiary alicyclic amines) is 1. The topological polar surface area (TPSA) is 78.6 Å². The number of aromatic nitrogens is 2. The second-order valence-corrected chi connectivity index (χ2v) is 5.87. The normalized spacial score (nSPS) is 26.9. The third-order valence-electron chi connectivity index (χ3n) is 4.47. The highest BCUT2D eigenvalue weighted by Crippen LogP contribution is 2.37. The number of rotatable bonds is 6. The maximum Gasteiger partial charge on any atom is 0.312 e. The fourth-order valence-corrected chi connectivity index (χ4v) is 3.17. The van der Waals surface area contributed by atoms with E-state index in [2.05, 4.69) is 10.00 Å². The van der Waals surface area contributed by atoms with Crippen molar-refractivity contribution in [1.29, 1.82) is 0 Å². The minimum absolute atomic E-state index is 0.394. The molecule has 1 fully saturated rings. The largest absolute Gasteiger partial charge is 0.481 e. The SMILES string of the molecule is CCC[C@]1(C(=O)O)CCN(Cc2ccn(CC)n2)C[C@@H]1O. The van der Waals surface area contributed by atoms with Gasteiger partial charge in [-0.15, -0.1) is 0 Å². The molecule has 0 aliphatic carbocycles. The average Bonchev–Trinajstić information content (AvgIpc) is 2.89. The molecule has 1 aromatic heterocycles. The molecule has 6 nitrogen and oxygen atoms in total. The lowest BCUT2D eigenvalue weighted by molar-refractivity contribution is -0.164. The molecule has 21 heavy (non-hydrogen) atoms. The fraction of sp³-hybridized carbons (Fsp3) is 0.733. The van der Waals surface area contributed by atoms with Crippen molar-refractivity contribution < 1.29 is 15.0 Å². The third-order valence-corrected chi connectivity index (χ3v) is 4.47. The van der Waals surface area contributed by atoms with Crippen molar-refractivity contribution in [2.75, 3.05) is 13.1 Å². The predicted molar refractivity (Wildman–Crippen MR) is 78.8 cm³/mol. The molecule has 1 saturated heterocycles. The highest BCUT2D eigenvalue weighted by atomic mass is 16.4. The molecule has 1 aliphatic heterocycles. The Morgan fingerprint density at radius 1 is 1.52 bits per heavy atom. The van der Waals surface area contributed by atoms with Crippen LogP contribution in [0.2, 0.25) is 0 Å². The molecule has 0 saturated carbocycles. The summed E-state index contributed by atoms with van der Waals surface area (Å²) in [7, 11) is 0. The third kappa shape index (κ3) is 3.27. The van der Waals surface area contributed by atoms with Gasteiger partial charge in [0, 0.05) is 25.8 Å². The Kier molecular flexibility index (Phi) is 5.00. The number of carboxylic acids is 1. The number of carbonyl (C=O) groups is 1. The van der Waals surface area contributed by atoms with Crippen LogP contribution in [0.3, 0.4) is 0 Å². The van der Waals surface area contributed by atoms with Gasteiger partial charge in [0.15, 0.2) is 0 Å². The Morgan fingerprint density at radius 2 is 2.29 bits per heavy atom. The van der Waals surface area contributed by atoms with E-state index in [4.69, 9.17) is 0 Å². The molecule has 0 radical (unpaired) electrons. The van der Waals surface area contributed by atoms with Crippen LogP contribution in [0.25, 0.3) is 0 Å². The van der Waals surface area contributed by atoms with Crippen LogP contribution < -0.4 is 0 Å². The summed E-state index contributed by atoms with van der Waals surface area (Å²) in [6.07, 6.45) is 2.91. The number of aryl methyl sites for hydroxylation is 1. The quantitative estimate of drug-likeness (QED) is 0.828. The summed E-state index contributed by atoms with van der Waals surface area (Å²) in [5, 5.41) is 24.3. The molecular weight excluding hydrogens is 270 g/mol. The highest BCUT2D eigenvalue weighted by molar-refractivity contribution is 5.75. The molecule has 1 aromatic rings. The van der Waals surface area contributed by atoms with Gasteiger partial charge in [0.05, 0.1) is 17.2 Å². The minimum atomic E-state index is -0.978. The predicted octanol–water partition coefficient (Wildman–Crippen LogP) is 1.34. The van der Waals surface area contributed by atoms with E-state index in [-0.39, 0.29) is 0 Å². The summed E-state index contributed by atoms with van der Waals surface area (Å²) in [5.74, 6) is -0.869. The molecule has 2 heterocycles. The molecule has 2 N–H and O–H groups in total. The highest BCUT2D eigenvalue weighted by Gasteiger charge is 2.47. The Bertz CT molecular complexity index is 488. The molecule has 0 bridgehead atoms. The van der Waals surface area contributed by atoms with Crippen LogP contribution in [0.4, 0.5) is 0 Å². The molecule has 0 amide bonds. The van der Waals surface area contributed by atoms with Crippen molar-refractivity contribution in [2.24, 2.45) is 5.41 Å². The summed E-state index contributed by atoms with van der Waals surface area (Å²) in [6, 6.07) is 1.97. The average molecular weight is 295 g/mol. The molecular formula is C15H25N3O3. The standard InChI is InChI=1S/C15H25N3O3/c1-3-6-15(14(20)21)7-9-17(11-13(15)19)10-12-5-8-18(4-2)16-12/h5,8,13,19H,3-4,6-7,9-11H2,1-2H3,(H,20,21)/t13-,15-/m0/s1. The van der Waals surface area contributed by atoms with Crippen LogP contribution >= 0.6 is 0 Å². The summed E-state index contributed by atoms with van der Waals surface area (Å²) in [6.45, 7) is 6.56. The van der Waals surface area contributed by atoms with E-state index in [0.29, 0.717) is 32.5 Å². The first-order valence-electron chi connectivity index (χ1n) is 7.68. The summed E-state index contributed by atoms with van der Waals surface area (Å²) in [5.41, 5.74) is -0.0176. The Balaban J connectivity index is 2.00. The maximum absolute atomic E-state index is 11.6. The molecule has 118 valence electrons. The lowest BCUT2D eigenvalue weighted by Gasteiger charge is -2.42. The molecule has 1 aliphatic rings. The first-order valence-corrected chi connectivity index (χ1v) is 7.68. The van der Waals surface area contributed by atoms with Gasteiger partial charge >= 0.3 is 5.97 Å². The number of β-amino-alcohol motifs (C(OH)–C–C–N with tert-alkyl or cyclic N) is 1. The Morgan fingerprint density at radius 3 is 2.81 bits per heavy atom. The molecule has 0 aromatic carbocycles. The molecule has 0 spiro atoms. The molecule has 0 unspecified atom stereocenters. The minimum Gasteiger partial charge on any atom is -0.481 e. The van der Waals surface area contributed by atoms with E-state index in [9.17, 15) is 15.0 Å². The van der Waals surface area contributed by atoms with Crippen molar-refractivity contribution in [3.05, 3.63) is 18.0 Å². The monoisotopic (exact) mass is 295 g/mol. The van der Waals surface area contributed by atoms with Crippen LogP contribution in [0.15, 0.2) is 12.3 Å². The number of aliphatic carboxylic acids is 1. The number of hydrogen-bond donors (Lipinski definition) is 2. The van der Waals surface area contributed by atoms with E-state index in [1.807, 2.05) is 30.8 Å². The summed E-state index contributed by atoms with van der Waals surface area (Å²) in [4.78, 5) is 13.7. The lowest BCUT2D eigenvalue weighted by Crippen LogP contribution is -2.54. The number of aliphatic hydroxyl groups is 1. The van der Waals surface area contributed by atoms with Gasteiger partial charge in [-0.05, 0) is 32.4 Å².